The molecule has 20 heavy (non-hydrogen) atoms. The topological polar surface area (TPSA) is 43.3 Å². The summed E-state index contributed by atoms with van der Waals surface area (Å²) in [6, 6.07) is 10.5. The first-order chi connectivity index (χ1) is 9.84. The number of hydrogen-bond donors (Lipinski definition) is 1. The molecule has 0 spiro atoms. The maximum atomic E-state index is 11.8. The monoisotopic (exact) mass is 272 g/mol. The van der Waals surface area contributed by atoms with Gasteiger partial charge in [-0.1, -0.05) is 18.2 Å². The Morgan fingerprint density at radius 3 is 3.10 bits per heavy atom. The van der Waals surface area contributed by atoms with E-state index in [0.29, 0.717) is 13.2 Å². The molecule has 4 heteroatoms. The molecule has 106 valence electrons. The molecule has 4 nitrogen and oxygen atoms in total. The molecule has 0 unspecified atom stereocenters. The zero-order valence-electron chi connectivity index (χ0n) is 11.5. The Kier molecular flexibility index (Phi) is 4.02. The summed E-state index contributed by atoms with van der Waals surface area (Å²) in [4.78, 5) is 11.8. The van der Waals surface area contributed by atoms with Gasteiger partial charge in [0, 0.05) is 31.4 Å². The molecule has 3 rings (SSSR count). The van der Waals surface area contributed by atoms with Crippen LogP contribution in [0.4, 0.5) is 0 Å². The molecule has 1 N–H and O–H groups in total. The van der Waals surface area contributed by atoms with Crippen LogP contribution in [-0.2, 0) is 16.1 Å². The Morgan fingerprint density at radius 2 is 2.25 bits per heavy atom. The van der Waals surface area contributed by atoms with E-state index in [1.807, 2.05) is 0 Å². The third kappa shape index (κ3) is 2.85. The van der Waals surface area contributed by atoms with Gasteiger partial charge in [0.05, 0.1) is 12.5 Å². The summed E-state index contributed by atoms with van der Waals surface area (Å²) in [6.07, 6.45) is 3.91. The first-order valence-corrected chi connectivity index (χ1v) is 7.24. The fraction of sp³-hybridized carbons (Fsp3) is 0.438. The van der Waals surface area contributed by atoms with Crippen LogP contribution in [0.15, 0.2) is 36.5 Å². The molecule has 2 aromatic rings. The van der Waals surface area contributed by atoms with Crippen LogP contribution in [0.1, 0.15) is 12.8 Å². The van der Waals surface area contributed by atoms with E-state index in [-0.39, 0.29) is 11.8 Å². The second kappa shape index (κ2) is 6.09. The second-order valence-electron chi connectivity index (χ2n) is 5.27. The van der Waals surface area contributed by atoms with Gasteiger partial charge >= 0.3 is 0 Å². The number of carbonyl (C=O) groups excluding carboxylic acids is 1. The van der Waals surface area contributed by atoms with Crippen LogP contribution >= 0.6 is 0 Å². The molecule has 0 radical (unpaired) electrons. The predicted molar refractivity (Wildman–Crippen MR) is 78.5 cm³/mol. The number of aromatic nitrogens is 1. The Labute approximate surface area is 118 Å². The number of amides is 1. The third-order valence-electron chi connectivity index (χ3n) is 3.86. The molecular weight excluding hydrogens is 252 g/mol. The van der Waals surface area contributed by atoms with Gasteiger partial charge in [0.1, 0.15) is 0 Å². The van der Waals surface area contributed by atoms with Crippen molar-refractivity contribution in [1.82, 2.24) is 9.88 Å². The molecule has 2 heterocycles. The average Bonchev–Trinajstić information content (AvgIpc) is 3.13. The zero-order valence-corrected chi connectivity index (χ0v) is 11.5. The van der Waals surface area contributed by atoms with Gasteiger partial charge < -0.3 is 14.6 Å². The van der Waals surface area contributed by atoms with Gasteiger partial charge in [-0.15, -0.1) is 0 Å². The second-order valence-corrected chi connectivity index (χ2v) is 5.27. The van der Waals surface area contributed by atoms with Crippen molar-refractivity contribution in [2.75, 3.05) is 19.8 Å². The fourth-order valence-electron chi connectivity index (χ4n) is 2.68. The molecule has 1 fully saturated rings. The quantitative estimate of drug-likeness (QED) is 0.848. The van der Waals surface area contributed by atoms with Gasteiger partial charge in [0.25, 0.3) is 0 Å². The van der Waals surface area contributed by atoms with E-state index in [1.165, 1.54) is 10.9 Å². The van der Waals surface area contributed by atoms with E-state index >= 15 is 0 Å². The van der Waals surface area contributed by atoms with E-state index < -0.39 is 0 Å². The molecule has 0 aliphatic carbocycles. The van der Waals surface area contributed by atoms with Gasteiger partial charge in [0.15, 0.2) is 0 Å². The van der Waals surface area contributed by atoms with Gasteiger partial charge in [-0.3, -0.25) is 4.79 Å². The minimum Gasteiger partial charge on any atom is -0.381 e. The summed E-state index contributed by atoms with van der Waals surface area (Å²) >= 11 is 0. The number of para-hydroxylation sites is 1. The van der Waals surface area contributed by atoms with Gasteiger partial charge in [-0.2, -0.15) is 0 Å². The van der Waals surface area contributed by atoms with Crippen LogP contribution in [0, 0.1) is 5.92 Å². The van der Waals surface area contributed by atoms with Crippen molar-refractivity contribution >= 4 is 16.8 Å². The highest BCUT2D eigenvalue weighted by Crippen LogP contribution is 2.15. The summed E-state index contributed by atoms with van der Waals surface area (Å²) in [5.41, 5.74) is 1.25. The van der Waals surface area contributed by atoms with Gasteiger partial charge in [-0.05, 0) is 30.4 Å². The van der Waals surface area contributed by atoms with E-state index in [1.54, 1.807) is 0 Å². The van der Waals surface area contributed by atoms with Crippen molar-refractivity contribution < 1.29 is 9.53 Å². The summed E-state index contributed by atoms with van der Waals surface area (Å²) in [5.74, 6) is 0.197. The molecule has 0 bridgehead atoms. The number of aryl methyl sites for hydroxylation is 1. The smallest absolute Gasteiger partial charge is 0.225 e. The number of carbonyl (C=O) groups is 1. The maximum absolute atomic E-state index is 11.8. The Hall–Kier alpha value is -1.81. The third-order valence-corrected chi connectivity index (χ3v) is 3.86. The van der Waals surface area contributed by atoms with Crippen LogP contribution in [0.3, 0.4) is 0 Å². The molecule has 1 saturated heterocycles. The molecule has 1 aliphatic rings. The van der Waals surface area contributed by atoms with Crippen molar-refractivity contribution in [3.8, 4) is 0 Å². The highest BCUT2D eigenvalue weighted by molar-refractivity contribution is 5.80. The van der Waals surface area contributed by atoms with E-state index in [2.05, 4.69) is 46.4 Å². The molecule has 1 amide bonds. The van der Waals surface area contributed by atoms with Crippen LogP contribution < -0.4 is 5.32 Å². The number of nitrogens with one attached hydrogen (secondary N) is 1. The van der Waals surface area contributed by atoms with Crippen molar-refractivity contribution in [3.63, 3.8) is 0 Å². The Morgan fingerprint density at radius 1 is 1.35 bits per heavy atom. The number of ether oxygens (including phenoxy) is 1. The molecule has 1 aromatic carbocycles. The molecule has 1 aliphatic heterocycles. The minimum absolute atomic E-state index is 0.0578. The van der Waals surface area contributed by atoms with E-state index in [9.17, 15) is 4.79 Å². The van der Waals surface area contributed by atoms with E-state index in [4.69, 9.17) is 4.74 Å². The SMILES string of the molecule is O=C(NCCCn1ccc2ccccc21)[C@H]1CCOC1. The molecule has 0 saturated carbocycles. The standard InChI is InChI=1S/C16H20N2O2/c19-16(14-7-11-20-12-14)17-8-3-9-18-10-6-13-4-1-2-5-15(13)18/h1-2,4-6,10,14H,3,7-9,11-12H2,(H,17,19)/t14-/m0/s1. The summed E-state index contributed by atoms with van der Waals surface area (Å²) in [6.45, 7) is 2.94. The van der Waals surface area contributed by atoms with E-state index in [0.717, 1.165) is 25.9 Å². The zero-order chi connectivity index (χ0) is 13.8. The normalized spacial score (nSPS) is 18.5. The summed E-state index contributed by atoms with van der Waals surface area (Å²) in [5, 5.41) is 4.27. The molecular formula is C16H20N2O2. The molecule has 1 aromatic heterocycles. The number of benzene rings is 1. The first kappa shape index (κ1) is 13.2. The van der Waals surface area contributed by atoms with Crippen LogP contribution in [0.2, 0.25) is 0 Å². The van der Waals surface area contributed by atoms with Crippen molar-refractivity contribution in [1.29, 1.82) is 0 Å². The first-order valence-electron chi connectivity index (χ1n) is 7.24. The highest BCUT2D eigenvalue weighted by Gasteiger charge is 2.22. The largest absolute Gasteiger partial charge is 0.381 e. The lowest BCUT2D eigenvalue weighted by molar-refractivity contribution is -0.124. The predicted octanol–water partition coefficient (Wildman–Crippen LogP) is 2.18. The Balaban J connectivity index is 1.47. The average molecular weight is 272 g/mol. The lowest BCUT2D eigenvalue weighted by Crippen LogP contribution is -2.32. The fourth-order valence-corrected chi connectivity index (χ4v) is 2.68. The highest BCUT2D eigenvalue weighted by atomic mass is 16.5. The number of fused-ring (bicyclic) bond motifs is 1. The van der Waals surface area contributed by atoms with Gasteiger partial charge in [0.2, 0.25) is 5.91 Å². The lowest BCUT2D eigenvalue weighted by atomic mass is 10.1. The lowest BCUT2D eigenvalue weighted by Gasteiger charge is -2.10. The number of hydrogen-bond acceptors (Lipinski definition) is 2. The molecule has 1 atom stereocenters. The maximum Gasteiger partial charge on any atom is 0.225 e. The van der Waals surface area contributed by atoms with Crippen molar-refractivity contribution in [2.24, 2.45) is 5.92 Å². The van der Waals surface area contributed by atoms with Crippen LogP contribution in [-0.4, -0.2) is 30.2 Å². The summed E-state index contributed by atoms with van der Waals surface area (Å²) < 4.78 is 7.46. The van der Waals surface area contributed by atoms with Crippen molar-refractivity contribution in [2.45, 2.75) is 19.4 Å². The number of nitrogens with zero attached hydrogens (tertiary/aromatic N) is 1. The summed E-state index contributed by atoms with van der Waals surface area (Å²) in [7, 11) is 0. The number of rotatable bonds is 5. The van der Waals surface area contributed by atoms with Crippen LogP contribution in [0.5, 0.6) is 0 Å². The minimum atomic E-state index is 0.0578. The van der Waals surface area contributed by atoms with Crippen LogP contribution in [0.25, 0.3) is 10.9 Å². The van der Waals surface area contributed by atoms with Crippen molar-refractivity contribution in [3.05, 3.63) is 36.5 Å². The Bertz CT molecular complexity index is 585. The van der Waals surface area contributed by atoms with Gasteiger partial charge in [-0.25, -0.2) is 0 Å².